The Morgan fingerprint density at radius 2 is 2.35 bits per heavy atom. The van der Waals surface area contributed by atoms with Gasteiger partial charge in [-0.15, -0.1) is 0 Å². The van der Waals surface area contributed by atoms with Crippen LogP contribution < -0.4 is 5.32 Å². The Kier molecular flexibility index (Phi) is 4.11. The number of hydrogen-bond acceptors (Lipinski definition) is 4. The number of amides is 1. The van der Waals surface area contributed by atoms with Crippen LogP contribution >= 0.6 is 0 Å². The molecule has 1 amide bonds. The lowest BCUT2D eigenvalue weighted by Gasteiger charge is -2.60. The predicted octanol–water partition coefficient (Wildman–Crippen LogP) is 1.38. The van der Waals surface area contributed by atoms with Crippen molar-refractivity contribution in [2.24, 2.45) is 5.41 Å². The molecule has 1 aliphatic carbocycles. The smallest absolute Gasteiger partial charge is 0.253 e. The number of nitrogens with zero attached hydrogens (tertiary/aromatic N) is 1. The van der Waals surface area contributed by atoms with E-state index in [-0.39, 0.29) is 24.0 Å². The molecule has 1 fully saturated rings. The third-order valence-electron chi connectivity index (χ3n) is 4.49. The number of aliphatic hydroxyl groups excluding tert-OH is 1. The molecule has 0 spiro atoms. The van der Waals surface area contributed by atoms with Gasteiger partial charge in [0, 0.05) is 30.8 Å². The lowest BCUT2D eigenvalue weighted by Crippen LogP contribution is -2.74. The first-order valence-corrected chi connectivity index (χ1v) is 6.92. The van der Waals surface area contributed by atoms with Gasteiger partial charge >= 0.3 is 0 Å². The number of carbonyl (C=O) groups is 1. The number of rotatable bonds is 5. The van der Waals surface area contributed by atoms with Gasteiger partial charge in [0.05, 0.1) is 23.8 Å². The molecule has 2 rings (SSSR count). The summed E-state index contributed by atoms with van der Waals surface area (Å²) in [5, 5.41) is 12.7. The van der Waals surface area contributed by atoms with Crippen molar-refractivity contribution in [1.82, 2.24) is 10.3 Å². The van der Waals surface area contributed by atoms with E-state index in [2.05, 4.69) is 10.3 Å². The molecule has 5 heteroatoms. The third kappa shape index (κ3) is 2.31. The molecule has 2 atom stereocenters. The third-order valence-corrected chi connectivity index (χ3v) is 4.49. The molecule has 1 aromatic rings. The lowest BCUT2D eigenvalue weighted by atomic mass is 9.54. The van der Waals surface area contributed by atoms with Crippen LogP contribution in [0.15, 0.2) is 24.5 Å². The Bertz CT molecular complexity index is 475. The van der Waals surface area contributed by atoms with Gasteiger partial charge in [0.15, 0.2) is 0 Å². The number of ether oxygens (including phenoxy) is 1. The summed E-state index contributed by atoms with van der Waals surface area (Å²) in [4.78, 5) is 16.2. The maximum absolute atomic E-state index is 12.3. The zero-order chi connectivity index (χ0) is 14.8. The molecule has 0 aromatic carbocycles. The molecule has 0 saturated heterocycles. The minimum atomic E-state index is -0.639. The highest BCUT2D eigenvalue weighted by atomic mass is 16.5. The number of nitrogens with one attached hydrogen (secondary N) is 1. The number of aromatic nitrogens is 1. The van der Waals surface area contributed by atoms with Crippen LogP contribution in [-0.4, -0.2) is 40.9 Å². The highest BCUT2D eigenvalue weighted by molar-refractivity contribution is 5.94. The fraction of sp³-hybridized carbons (Fsp3) is 0.600. The van der Waals surface area contributed by atoms with Crippen LogP contribution in [0.3, 0.4) is 0 Å². The monoisotopic (exact) mass is 278 g/mol. The molecule has 0 unspecified atom stereocenters. The Balaban J connectivity index is 2.12. The van der Waals surface area contributed by atoms with E-state index in [0.29, 0.717) is 18.6 Å². The fourth-order valence-corrected chi connectivity index (χ4v) is 2.79. The molecule has 1 heterocycles. The summed E-state index contributed by atoms with van der Waals surface area (Å²) in [5.41, 5.74) is -0.453. The highest BCUT2D eigenvalue weighted by Gasteiger charge is 2.61. The number of carbonyl (C=O) groups excluding carboxylic acids is 1. The fourth-order valence-electron chi connectivity index (χ4n) is 2.79. The van der Waals surface area contributed by atoms with Crippen molar-refractivity contribution < 1.29 is 14.6 Å². The van der Waals surface area contributed by atoms with Crippen molar-refractivity contribution in [3.8, 4) is 0 Å². The van der Waals surface area contributed by atoms with Crippen molar-refractivity contribution in [1.29, 1.82) is 0 Å². The summed E-state index contributed by atoms with van der Waals surface area (Å²) < 4.78 is 5.66. The Hall–Kier alpha value is -1.46. The standard InChI is InChI=1S/C15H22N2O3/c1-4-20-12-8-15(10-18,14(12,2)3)17-13(19)11-6-5-7-16-9-11/h5-7,9,12,18H,4,8,10H2,1-3H3,(H,17,19)/t12-,15+/m1/s1. The van der Waals surface area contributed by atoms with Crippen LogP contribution in [0.5, 0.6) is 0 Å². The molecular weight excluding hydrogens is 256 g/mol. The van der Waals surface area contributed by atoms with Crippen LogP contribution in [0.1, 0.15) is 37.6 Å². The molecule has 1 saturated carbocycles. The Morgan fingerprint density at radius 3 is 2.85 bits per heavy atom. The van der Waals surface area contributed by atoms with E-state index < -0.39 is 5.54 Å². The van der Waals surface area contributed by atoms with Crippen LogP contribution in [0.4, 0.5) is 0 Å². The predicted molar refractivity (Wildman–Crippen MR) is 75.3 cm³/mol. The van der Waals surface area contributed by atoms with Gasteiger partial charge in [0.1, 0.15) is 0 Å². The summed E-state index contributed by atoms with van der Waals surface area (Å²) >= 11 is 0. The van der Waals surface area contributed by atoms with Gasteiger partial charge in [-0.05, 0) is 19.1 Å². The first-order valence-electron chi connectivity index (χ1n) is 6.92. The van der Waals surface area contributed by atoms with Gasteiger partial charge in [-0.2, -0.15) is 0 Å². The van der Waals surface area contributed by atoms with E-state index in [0.717, 1.165) is 0 Å². The first-order chi connectivity index (χ1) is 9.47. The van der Waals surface area contributed by atoms with Gasteiger partial charge in [-0.3, -0.25) is 9.78 Å². The van der Waals surface area contributed by atoms with E-state index in [1.807, 2.05) is 20.8 Å². The van der Waals surface area contributed by atoms with E-state index in [1.54, 1.807) is 18.3 Å². The van der Waals surface area contributed by atoms with E-state index in [1.165, 1.54) is 6.20 Å². The largest absolute Gasteiger partial charge is 0.394 e. The SMILES string of the molecule is CCO[C@@H]1C[C@@](CO)(NC(=O)c2cccnc2)C1(C)C. The van der Waals surface area contributed by atoms with Crippen molar-refractivity contribution in [3.63, 3.8) is 0 Å². The molecule has 0 aliphatic heterocycles. The van der Waals surface area contributed by atoms with Crippen molar-refractivity contribution >= 4 is 5.91 Å². The Labute approximate surface area is 119 Å². The lowest BCUT2D eigenvalue weighted by molar-refractivity contribution is -0.172. The van der Waals surface area contributed by atoms with Gasteiger partial charge in [-0.25, -0.2) is 0 Å². The average Bonchev–Trinajstić information content (AvgIpc) is 2.46. The van der Waals surface area contributed by atoms with Crippen LogP contribution in [0.2, 0.25) is 0 Å². The Morgan fingerprint density at radius 1 is 1.60 bits per heavy atom. The second kappa shape index (κ2) is 5.50. The summed E-state index contributed by atoms with van der Waals surface area (Å²) in [6.45, 7) is 6.50. The first kappa shape index (κ1) is 14.9. The minimum absolute atomic E-state index is 0.0499. The minimum Gasteiger partial charge on any atom is -0.394 e. The van der Waals surface area contributed by atoms with Crippen LogP contribution in [0.25, 0.3) is 0 Å². The molecule has 1 aromatic heterocycles. The highest BCUT2D eigenvalue weighted by Crippen LogP contribution is 2.51. The quantitative estimate of drug-likeness (QED) is 0.853. The zero-order valence-corrected chi connectivity index (χ0v) is 12.2. The summed E-state index contributed by atoms with van der Waals surface area (Å²) in [6.07, 6.45) is 3.81. The molecule has 20 heavy (non-hydrogen) atoms. The molecule has 110 valence electrons. The summed E-state index contributed by atoms with van der Waals surface area (Å²) in [6, 6.07) is 3.43. The van der Waals surface area contributed by atoms with Gasteiger partial charge < -0.3 is 15.2 Å². The van der Waals surface area contributed by atoms with Crippen LogP contribution in [-0.2, 0) is 4.74 Å². The maximum atomic E-state index is 12.3. The summed E-state index contributed by atoms with van der Waals surface area (Å²) in [5.74, 6) is -0.213. The normalized spacial score (nSPS) is 27.7. The van der Waals surface area contributed by atoms with E-state index in [9.17, 15) is 9.90 Å². The molecule has 2 N–H and O–H groups in total. The zero-order valence-electron chi connectivity index (χ0n) is 12.2. The maximum Gasteiger partial charge on any atom is 0.253 e. The number of aliphatic hydroxyl groups is 1. The number of pyridine rings is 1. The van der Waals surface area contributed by atoms with E-state index >= 15 is 0 Å². The number of hydrogen-bond donors (Lipinski definition) is 2. The van der Waals surface area contributed by atoms with Crippen LogP contribution in [0, 0.1) is 5.41 Å². The molecular formula is C15H22N2O3. The van der Waals surface area contributed by atoms with Gasteiger partial charge in [0.25, 0.3) is 5.91 Å². The van der Waals surface area contributed by atoms with Gasteiger partial charge in [-0.1, -0.05) is 13.8 Å². The average molecular weight is 278 g/mol. The molecule has 0 bridgehead atoms. The van der Waals surface area contributed by atoms with Crippen molar-refractivity contribution in [2.75, 3.05) is 13.2 Å². The topological polar surface area (TPSA) is 71.5 Å². The van der Waals surface area contributed by atoms with Gasteiger partial charge in [0.2, 0.25) is 0 Å². The van der Waals surface area contributed by atoms with Crippen molar-refractivity contribution in [3.05, 3.63) is 30.1 Å². The molecule has 0 radical (unpaired) electrons. The second-order valence-corrected chi connectivity index (χ2v) is 5.81. The van der Waals surface area contributed by atoms with E-state index in [4.69, 9.17) is 4.74 Å². The second-order valence-electron chi connectivity index (χ2n) is 5.81. The summed E-state index contributed by atoms with van der Waals surface area (Å²) in [7, 11) is 0. The van der Waals surface area contributed by atoms with Crippen molar-refractivity contribution in [2.45, 2.75) is 38.8 Å². The molecule has 5 nitrogen and oxygen atoms in total. The molecule has 1 aliphatic rings.